The van der Waals surface area contributed by atoms with E-state index in [1.165, 1.54) is 6.26 Å². The Morgan fingerprint density at radius 3 is 2.85 bits per heavy atom. The molecule has 0 aliphatic carbocycles. The molecule has 1 saturated heterocycles. The SMILES string of the molecule is CS(=O)(=O)C1CSCCN1c1ccccc1C(N)=NO. The van der Waals surface area contributed by atoms with Crippen LogP contribution in [0.2, 0.25) is 0 Å². The van der Waals surface area contributed by atoms with Gasteiger partial charge in [0, 0.05) is 35.6 Å². The smallest absolute Gasteiger partial charge is 0.172 e. The van der Waals surface area contributed by atoms with E-state index < -0.39 is 15.2 Å². The van der Waals surface area contributed by atoms with Crippen molar-refractivity contribution in [3.63, 3.8) is 0 Å². The van der Waals surface area contributed by atoms with E-state index in [-0.39, 0.29) is 5.84 Å². The van der Waals surface area contributed by atoms with Crippen molar-refractivity contribution < 1.29 is 13.6 Å². The summed E-state index contributed by atoms with van der Waals surface area (Å²) < 4.78 is 23.9. The number of anilines is 1. The standard InChI is InChI=1S/C12H17N3O3S2/c1-20(17,18)11-8-19-7-6-15(11)10-5-3-2-4-9(10)12(13)14-16/h2-5,11,16H,6-8H2,1H3,(H2,13,14). The van der Waals surface area contributed by atoms with E-state index in [0.717, 1.165) is 5.75 Å². The first-order chi connectivity index (χ1) is 9.45. The largest absolute Gasteiger partial charge is 0.409 e. The second-order valence-corrected chi connectivity index (χ2v) is 7.91. The number of amidine groups is 1. The Kier molecular flexibility index (Phi) is 4.44. The van der Waals surface area contributed by atoms with Gasteiger partial charge in [0.05, 0.1) is 0 Å². The van der Waals surface area contributed by atoms with Crippen LogP contribution in [-0.4, -0.2) is 49.1 Å². The lowest BCUT2D eigenvalue weighted by molar-refractivity contribution is 0.318. The Morgan fingerprint density at radius 2 is 2.20 bits per heavy atom. The van der Waals surface area contributed by atoms with Gasteiger partial charge in [-0.3, -0.25) is 0 Å². The van der Waals surface area contributed by atoms with Crippen LogP contribution in [0.4, 0.5) is 5.69 Å². The van der Waals surface area contributed by atoms with Crippen molar-refractivity contribution in [2.24, 2.45) is 10.9 Å². The monoisotopic (exact) mass is 315 g/mol. The Hall–Kier alpha value is -1.41. The lowest BCUT2D eigenvalue weighted by Crippen LogP contribution is -2.47. The van der Waals surface area contributed by atoms with Gasteiger partial charge in [-0.15, -0.1) is 0 Å². The van der Waals surface area contributed by atoms with Gasteiger partial charge in [-0.2, -0.15) is 11.8 Å². The van der Waals surface area contributed by atoms with Gasteiger partial charge in [0.25, 0.3) is 0 Å². The van der Waals surface area contributed by atoms with Gasteiger partial charge in [0.15, 0.2) is 15.7 Å². The number of para-hydroxylation sites is 1. The van der Waals surface area contributed by atoms with Gasteiger partial charge in [-0.05, 0) is 12.1 Å². The van der Waals surface area contributed by atoms with E-state index in [1.807, 2.05) is 11.0 Å². The summed E-state index contributed by atoms with van der Waals surface area (Å²) in [4.78, 5) is 1.82. The van der Waals surface area contributed by atoms with Crippen LogP contribution in [0.5, 0.6) is 0 Å². The molecule has 0 bridgehead atoms. The zero-order valence-corrected chi connectivity index (χ0v) is 12.7. The molecule has 110 valence electrons. The summed E-state index contributed by atoms with van der Waals surface area (Å²) in [5, 5.41) is 11.3. The van der Waals surface area contributed by atoms with Crippen LogP contribution in [0.3, 0.4) is 0 Å². The first-order valence-corrected chi connectivity index (χ1v) is 9.16. The van der Waals surface area contributed by atoms with Crippen molar-refractivity contribution in [3.05, 3.63) is 29.8 Å². The summed E-state index contributed by atoms with van der Waals surface area (Å²) in [7, 11) is -3.21. The molecule has 0 saturated carbocycles. The Morgan fingerprint density at radius 1 is 1.50 bits per heavy atom. The minimum absolute atomic E-state index is 0.0222. The third-order valence-corrected chi connectivity index (χ3v) is 5.82. The molecule has 2 rings (SSSR count). The van der Waals surface area contributed by atoms with Crippen LogP contribution < -0.4 is 10.6 Å². The molecule has 6 nitrogen and oxygen atoms in total. The zero-order valence-electron chi connectivity index (χ0n) is 11.1. The summed E-state index contributed by atoms with van der Waals surface area (Å²) in [6.07, 6.45) is 1.24. The summed E-state index contributed by atoms with van der Waals surface area (Å²) in [5.74, 6) is 1.34. The zero-order chi connectivity index (χ0) is 14.8. The predicted octanol–water partition coefficient (Wildman–Crippen LogP) is 0.705. The maximum absolute atomic E-state index is 12.0. The number of sulfone groups is 1. The second kappa shape index (κ2) is 5.92. The predicted molar refractivity (Wildman–Crippen MR) is 82.3 cm³/mol. The second-order valence-electron chi connectivity index (χ2n) is 4.55. The number of thioether (sulfide) groups is 1. The summed E-state index contributed by atoms with van der Waals surface area (Å²) in [6, 6.07) is 7.09. The molecule has 1 aliphatic heterocycles. The van der Waals surface area contributed by atoms with Crippen molar-refractivity contribution >= 4 is 33.1 Å². The third-order valence-electron chi connectivity index (χ3n) is 3.18. The average molecular weight is 315 g/mol. The topological polar surface area (TPSA) is 96.0 Å². The molecule has 20 heavy (non-hydrogen) atoms. The van der Waals surface area contributed by atoms with Crippen LogP contribution >= 0.6 is 11.8 Å². The Labute approximate surface area is 122 Å². The fraction of sp³-hybridized carbons (Fsp3) is 0.417. The van der Waals surface area contributed by atoms with Crippen LogP contribution in [-0.2, 0) is 9.84 Å². The van der Waals surface area contributed by atoms with Crippen LogP contribution in [0.1, 0.15) is 5.56 Å². The van der Waals surface area contributed by atoms with E-state index in [4.69, 9.17) is 10.9 Å². The fourth-order valence-electron chi connectivity index (χ4n) is 2.21. The van der Waals surface area contributed by atoms with Crippen LogP contribution in [0, 0.1) is 0 Å². The van der Waals surface area contributed by atoms with Gasteiger partial charge in [0.1, 0.15) is 5.37 Å². The number of oxime groups is 1. The minimum atomic E-state index is -3.21. The maximum atomic E-state index is 12.0. The number of hydrogen-bond donors (Lipinski definition) is 2. The van der Waals surface area contributed by atoms with Gasteiger partial charge in [0.2, 0.25) is 0 Å². The van der Waals surface area contributed by atoms with Crippen molar-refractivity contribution in [1.82, 2.24) is 0 Å². The van der Waals surface area contributed by atoms with Crippen LogP contribution in [0.15, 0.2) is 29.4 Å². The quantitative estimate of drug-likeness (QED) is 0.369. The van der Waals surface area contributed by atoms with Gasteiger partial charge in [-0.1, -0.05) is 17.3 Å². The van der Waals surface area contributed by atoms with Gasteiger partial charge < -0.3 is 15.8 Å². The molecule has 0 amide bonds. The lowest BCUT2D eigenvalue weighted by atomic mass is 10.1. The van der Waals surface area contributed by atoms with Gasteiger partial charge >= 0.3 is 0 Å². The average Bonchev–Trinajstić information content (AvgIpc) is 2.45. The lowest BCUT2D eigenvalue weighted by Gasteiger charge is -2.36. The Balaban J connectivity index is 2.49. The highest BCUT2D eigenvalue weighted by atomic mass is 32.2. The molecule has 0 aromatic heterocycles. The van der Waals surface area contributed by atoms with E-state index in [0.29, 0.717) is 23.5 Å². The van der Waals surface area contributed by atoms with E-state index >= 15 is 0 Å². The number of rotatable bonds is 3. The highest BCUT2D eigenvalue weighted by molar-refractivity contribution is 8.01. The molecule has 8 heteroatoms. The molecule has 1 atom stereocenters. The number of nitrogens with zero attached hydrogens (tertiary/aromatic N) is 2. The summed E-state index contributed by atoms with van der Waals surface area (Å²) in [5.41, 5.74) is 6.89. The number of hydrogen-bond acceptors (Lipinski definition) is 6. The van der Waals surface area contributed by atoms with Crippen molar-refractivity contribution in [2.75, 3.05) is 29.2 Å². The fourth-order valence-corrected chi connectivity index (χ4v) is 5.04. The summed E-state index contributed by atoms with van der Waals surface area (Å²) >= 11 is 1.62. The Bertz CT molecular complexity index is 616. The third kappa shape index (κ3) is 3.01. The first-order valence-electron chi connectivity index (χ1n) is 6.05. The molecular weight excluding hydrogens is 298 g/mol. The van der Waals surface area contributed by atoms with Crippen molar-refractivity contribution in [3.8, 4) is 0 Å². The molecule has 1 aromatic rings. The highest BCUT2D eigenvalue weighted by Gasteiger charge is 2.32. The number of benzene rings is 1. The van der Waals surface area contributed by atoms with Crippen molar-refractivity contribution in [1.29, 1.82) is 0 Å². The van der Waals surface area contributed by atoms with Gasteiger partial charge in [-0.25, -0.2) is 8.42 Å². The van der Waals surface area contributed by atoms with E-state index in [2.05, 4.69) is 5.16 Å². The summed E-state index contributed by atoms with van der Waals surface area (Å²) in [6.45, 7) is 0.609. The molecule has 1 heterocycles. The maximum Gasteiger partial charge on any atom is 0.172 e. The molecule has 1 aliphatic rings. The van der Waals surface area contributed by atoms with E-state index in [1.54, 1.807) is 30.0 Å². The molecular formula is C12H17N3O3S2. The molecule has 1 aromatic carbocycles. The van der Waals surface area contributed by atoms with Crippen molar-refractivity contribution in [2.45, 2.75) is 5.37 Å². The molecule has 1 unspecified atom stereocenters. The van der Waals surface area contributed by atoms with E-state index in [9.17, 15) is 8.42 Å². The van der Waals surface area contributed by atoms with Crippen LogP contribution in [0.25, 0.3) is 0 Å². The molecule has 1 fully saturated rings. The minimum Gasteiger partial charge on any atom is -0.409 e. The molecule has 0 radical (unpaired) electrons. The normalized spacial score (nSPS) is 20.9. The number of nitrogens with two attached hydrogens (primary N) is 1. The molecule has 0 spiro atoms. The highest BCUT2D eigenvalue weighted by Crippen LogP contribution is 2.29. The molecule has 3 N–H and O–H groups in total. The first kappa shape index (κ1) is 15.0.